The molecule has 0 bridgehead atoms. The molecule has 6 rings (SSSR count). The van der Waals surface area contributed by atoms with E-state index in [1.54, 1.807) is 4.90 Å². The van der Waals surface area contributed by atoms with Crippen LogP contribution in [0, 0.1) is 17.8 Å². The van der Waals surface area contributed by atoms with E-state index in [1.807, 2.05) is 6.20 Å². The number of carbonyl (C=O) groups is 2. The van der Waals surface area contributed by atoms with Gasteiger partial charge in [0.25, 0.3) is 5.91 Å². The van der Waals surface area contributed by atoms with Gasteiger partial charge in [-0.15, -0.1) is 0 Å². The van der Waals surface area contributed by atoms with Crippen molar-refractivity contribution in [1.29, 1.82) is 0 Å². The van der Waals surface area contributed by atoms with Crippen molar-refractivity contribution in [1.82, 2.24) is 20.4 Å². The molecule has 8 nitrogen and oxygen atoms in total. The first-order chi connectivity index (χ1) is 18.9. The van der Waals surface area contributed by atoms with Gasteiger partial charge in [0.05, 0.1) is 49.1 Å². The van der Waals surface area contributed by atoms with Crippen LogP contribution in [0.15, 0.2) is 11.8 Å². The Morgan fingerprint density at radius 1 is 1.10 bits per heavy atom. The number of alkyl halides is 1. The smallest absolute Gasteiger partial charge is 0.259 e. The molecule has 39 heavy (non-hydrogen) atoms. The van der Waals surface area contributed by atoms with E-state index < -0.39 is 24.2 Å². The summed E-state index contributed by atoms with van der Waals surface area (Å²) in [6, 6.07) is -0.0965. The van der Waals surface area contributed by atoms with Gasteiger partial charge in [-0.3, -0.25) is 9.59 Å². The van der Waals surface area contributed by atoms with E-state index in [-0.39, 0.29) is 41.9 Å². The lowest BCUT2D eigenvalue weighted by Crippen LogP contribution is -2.74. The highest BCUT2D eigenvalue weighted by atomic mass is 19.1. The van der Waals surface area contributed by atoms with Gasteiger partial charge in [0, 0.05) is 31.2 Å². The fourth-order valence-corrected chi connectivity index (χ4v) is 8.49. The normalized spacial score (nSPS) is 40.1. The van der Waals surface area contributed by atoms with Crippen LogP contribution in [0.3, 0.4) is 0 Å². The Hall–Kier alpha value is -1.55. The minimum absolute atomic E-state index is 0.00708. The Balaban J connectivity index is 1.30. The standard InChI is InChI=1S/C30H47FN4O4/c1-18(2)32-10-5-11-33-25-23(31)16-21-27-29(25)39-24-9-8-19-6-3-4-7-20(19)26(24)35(27)17-22(28(21)36)30(37)34-12-14-38-15-13-34/h17-21,23-27,29,32-33H,3-16H2,1-2H3. The summed E-state index contributed by atoms with van der Waals surface area (Å²) >= 11 is 0. The third-order valence-electron chi connectivity index (χ3n) is 10.3. The number of amides is 1. The Bertz CT molecular complexity index is 940. The molecule has 6 aliphatic rings. The van der Waals surface area contributed by atoms with Crippen LogP contribution in [0.4, 0.5) is 4.39 Å². The number of ether oxygens (including phenoxy) is 2. The number of ketones is 1. The molecule has 0 aromatic heterocycles. The predicted octanol–water partition coefficient (Wildman–Crippen LogP) is 2.42. The molecule has 3 aliphatic heterocycles. The summed E-state index contributed by atoms with van der Waals surface area (Å²) in [7, 11) is 0. The van der Waals surface area contributed by atoms with Crippen molar-refractivity contribution in [3.05, 3.63) is 11.8 Å². The molecule has 9 atom stereocenters. The lowest BCUT2D eigenvalue weighted by atomic mass is 9.63. The number of carbonyl (C=O) groups excluding carboxylic acids is 2. The van der Waals surface area contributed by atoms with Gasteiger partial charge in [-0.2, -0.15) is 0 Å². The van der Waals surface area contributed by atoms with Gasteiger partial charge < -0.3 is 29.9 Å². The zero-order chi connectivity index (χ0) is 27.1. The lowest BCUT2D eigenvalue weighted by molar-refractivity contribution is -0.215. The lowest BCUT2D eigenvalue weighted by Gasteiger charge is -2.62. The molecule has 2 N–H and O–H groups in total. The van der Waals surface area contributed by atoms with Crippen molar-refractivity contribution < 1.29 is 23.5 Å². The monoisotopic (exact) mass is 546 g/mol. The fraction of sp³-hybridized carbons (Fsp3) is 0.867. The zero-order valence-corrected chi connectivity index (χ0v) is 23.7. The maximum absolute atomic E-state index is 15.9. The van der Waals surface area contributed by atoms with E-state index in [1.165, 1.54) is 25.7 Å². The zero-order valence-electron chi connectivity index (χ0n) is 23.7. The first-order valence-corrected chi connectivity index (χ1v) is 15.6. The van der Waals surface area contributed by atoms with E-state index in [4.69, 9.17) is 9.47 Å². The fourth-order valence-electron chi connectivity index (χ4n) is 8.49. The number of hydrogen-bond donors (Lipinski definition) is 2. The summed E-state index contributed by atoms with van der Waals surface area (Å²) in [6.07, 6.45) is 8.39. The van der Waals surface area contributed by atoms with E-state index in [0.717, 1.165) is 25.8 Å². The van der Waals surface area contributed by atoms with E-state index in [9.17, 15) is 9.59 Å². The first kappa shape index (κ1) is 27.6. The molecular formula is C30H47FN4O4. The highest BCUT2D eigenvalue weighted by molar-refractivity contribution is 6.20. The van der Waals surface area contributed by atoms with Crippen LogP contribution in [0.5, 0.6) is 0 Å². The van der Waals surface area contributed by atoms with Crippen molar-refractivity contribution in [2.75, 3.05) is 39.4 Å². The average molecular weight is 547 g/mol. The summed E-state index contributed by atoms with van der Waals surface area (Å²) in [4.78, 5) is 31.7. The average Bonchev–Trinajstić information content (AvgIpc) is 2.95. The molecular weight excluding hydrogens is 499 g/mol. The van der Waals surface area contributed by atoms with Crippen LogP contribution in [0.1, 0.15) is 65.2 Å². The molecule has 218 valence electrons. The third-order valence-corrected chi connectivity index (χ3v) is 10.3. The summed E-state index contributed by atoms with van der Waals surface area (Å²) in [5.74, 6) is 0.201. The highest BCUT2D eigenvalue weighted by Gasteiger charge is 2.60. The van der Waals surface area contributed by atoms with Crippen LogP contribution in [-0.4, -0.2) is 103 Å². The maximum Gasteiger partial charge on any atom is 0.259 e. The number of halogens is 1. The molecule has 5 fully saturated rings. The molecule has 9 unspecified atom stereocenters. The van der Waals surface area contributed by atoms with Gasteiger partial charge in [-0.05, 0) is 57.0 Å². The molecule has 1 amide bonds. The van der Waals surface area contributed by atoms with Gasteiger partial charge in [0.1, 0.15) is 6.17 Å². The quantitative estimate of drug-likeness (QED) is 0.375. The number of fused-ring (bicyclic) bond motifs is 4. The number of nitrogens with one attached hydrogen (secondary N) is 2. The molecule has 0 aromatic rings. The van der Waals surface area contributed by atoms with Gasteiger partial charge in [0.15, 0.2) is 5.78 Å². The molecule has 0 spiro atoms. The number of morpholine rings is 2. The highest BCUT2D eigenvalue weighted by Crippen LogP contribution is 2.51. The molecule has 2 saturated heterocycles. The minimum atomic E-state index is -1.19. The van der Waals surface area contributed by atoms with Crippen LogP contribution < -0.4 is 10.6 Å². The second kappa shape index (κ2) is 11.7. The maximum atomic E-state index is 15.9. The van der Waals surface area contributed by atoms with Gasteiger partial charge >= 0.3 is 0 Å². The molecule has 0 aromatic carbocycles. The Labute approximate surface area is 232 Å². The van der Waals surface area contributed by atoms with Crippen LogP contribution >= 0.6 is 0 Å². The van der Waals surface area contributed by atoms with Crippen molar-refractivity contribution >= 4 is 11.7 Å². The Kier molecular flexibility index (Phi) is 8.32. The van der Waals surface area contributed by atoms with E-state index in [2.05, 4.69) is 29.4 Å². The summed E-state index contributed by atoms with van der Waals surface area (Å²) in [6.45, 7) is 7.78. The Morgan fingerprint density at radius 3 is 2.69 bits per heavy atom. The Morgan fingerprint density at radius 2 is 1.90 bits per heavy atom. The number of hydrogen-bond acceptors (Lipinski definition) is 7. The number of Topliss-reactive ketones (excluding diaryl/α,β-unsaturated/α-hetero) is 1. The van der Waals surface area contributed by atoms with Crippen molar-refractivity contribution in [3.63, 3.8) is 0 Å². The minimum Gasteiger partial charge on any atom is -0.378 e. The van der Waals surface area contributed by atoms with E-state index in [0.29, 0.717) is 50.7 Å². The topological polar surface area (TPSA) is 83.1 Å². The summed E-state index contributed by atoms with van der Waals surface area (Å²) in [5, 5.41) is 6.92. The second-order valence-corrected chi connectivity index (χ2v) is 13.0. The molecule has 3 aliphatic carbocycles. The number of nitrogens with zero attached hydrogens (tertiary/aromatic N) is 2. The van der Waals surface area contributed by atoms with Crippen molar-refractivity contribution in [2.45, 2.75) is 108 Å². The van der Waals surface area contributed by atoms with Gasteiger partial charge in [-0.1, -0.05) is 33.1 Å². The van der Waals surface area contributed by atoms with Crippen LogP contribution in [0.25, 0.3) is 0 Å². The van der Waals surface area contributed by atoms with Crippen molar-refractivity contribution in [2.24, 2.45) is 17.8 Å². The largest absolute Gasteiger partial charge is 0.378 e. The predicted molar refractivity (Wildman–Crippen MR) is 146 cm³/mol. The summed E-state index contributed by atoms with van der Waals surface area (Å²) < 4.78 is 28.2. The first-order valence-electron chi connectivity index (χ1n) is 15.6. The van der Waals surface area contributed by atoms with Gasteiger partial charge in [0.2, 0.25) is 0 Å². The SMILES string of the molecule is CC(C)NCCCNC1C(F)CC2C(=O)C(C(=O)N3CCOCC3)=CN3C4C(CCC5CCCCC54)OC1C23. The van der Waals surface area contributed by atoms with Crippen LogP contribution in [-0.2, 0) is 19.1 Å². The molecule has 3 heterocycles. The number of rotatable bonds is 7. The molecule has 9 heteroatoms. The summed E-state index contributed by atoms with van der Waals surface area (Å²) in [5.41, 5.74) is 0.244. The van der Waals surface area contributed by atoms with Gasteiger partial charge in [-0.25, -0.2) is 4.39 Å². The second-order valence-electron chi connectivity index (χ2n) is 13.0. The van der Waals surface area contributed by atoms with E-state index >= 15 is 4.39 Å². The van der Waals surface area contributed by atoms with Crippen molar-refractivity contribution in [3.8, 4) is 0 Å². The van der Waals surface area contributed by atoms with Crippen LogP contribution in [0.2, 0.25) is 0 Å². The molecule has 3 saturated carbocycles. The molecule has 0 radical (unpaired) electrons. The third kappa shape index (κ3) is 5.29.